The molecular formula is C18H22N2O4S. The molecule has 1 fully saturated rings. The van der Waals surface area contributed by atoms with Crippen molar-refractivity contribution in [1.29, 1.82) is 0 Å². The van der Waals surface area contributed by atoms with Crippen molar-refractivity contribution in [3.63, 3.8) is 0 Å². The molecule has 2 amide bonds. The summed E-state index contributed by atoms with van der Waals surface area (Å²) in [6, 6.07) is 5.47. The highest BCUT2D eigenvalue weighted by molar-refractivity contribution is 8.18. The Hall–Kier alpha value is -1.99. The van der Waals surface area contributed by atoms with Crippen molar-refractivity contribution in [2.45, 2.75) is 26.7 Å². The molecule has 0 aliphatic carbocycles. The van der Waals surface area contributed by atoms with E-state index in [-0.39, 0.29) is 17.9 Å². The van der Waals surface area contributed by atoms with Gasteiger partial charge in [-0.3, -0.25) is 19.4 Å². The summed E-state index contributed by atoms with van der Waals surface area (Å²) in [5, 5.41) is -0.214. The van der Waals surface area contributed by atoms with Crippen molar-refractivity contribution in [1.82, 2.24) is 9.80 Å². The van der Waals surface area contributed by atoms with Gasteiger partial charge in [0.2, 0.25) is 6.79 Å². The van der Waals surface area contributed by atoms with E-state index in [1.54, 1.807) is 6.08 Å². The smallest absolute Gasteiger partial charge is 0.294 e. The normalized spacial score (nSPS) is 18.0. The second-order valence-electron chi connectivity index (χ2n) is 5.98. The van der Waals surface area contributed by atoms with Crippen LogP contribution in [0, 0.1) is 0 Å². The number of nitrogens with zero attached hydrogens (tertiary/aromatic N) is 2. The first-order valence-corrected chi connectivity index (χ1v) is 9.31. The molecule has 25 heavy (non-hydrogen) atoms. The van der Waals surface area contributed by atoms with Crippen LogP contribution in [0.1, 0.15) is 32.3 Å². The number of amides is 2. The summed E-state index contributed by atoms with van der Waals surface area (Å²) in [5.74, 6) is 1.12. The van der Waals surface area contributed by atoms with Crippen molar-refractivity contribution in [2.75, 3.05) is 26.6 Å². The van der Waals surface area contributed by atoms with Gasteiger partial charge < -0.3 is 9.47 Å². The van der Waals surface area contributed by atoms with Crippen molar-refractivity contribution in [3.05, 3.63) is 28.7 Å². The van der Waals surface area contributed by atoms with E-state index in [0.717, 1.165) is 43.3 Å². The maximum atomic E-state index is 12.6. The summed E-state index contributed by atoms with van der Waals surface area (Å²) < 4.78 is 10.6. The number of ether oxygens (including phenoxy) is 2. The van der Waals surface area contributed by atoms with Crippen LogP contribution in [0.2, 0.25) is 0 Å². The third-order valence-electron chi connectivity index (χ3n) is 3.99. The van der Waals surface area contributed by atoms with Crippen LogP contribution in [0.5, 0.6) is 11.5 Å². The number of benzene rings is 1. The molecule has 7 heteroatoms. The van der Waals surface area contributed by atoms with Gasteiger partial charge in [-0.25, -0.2) is 0 Å². The second kappa shape index (κ2) is 7.93. The molecule has 2 aliphatic rings. The fraction of sp³-hybridized carbons (Fsp3) is 0.444. The molecule has 0 spiro atoms. The van der Waals surface area contributed by atoms with E-state index in [9.17, 15) is 9.59 Å². The van der Waals surface area contributed by atoms with E-state index in [2.05, 4.69) is 18.7 Å². The van der Waals surface area contributed by atoms with E-state index >= 15 is 0 Å². The average molecular weight is 362 g/mol. The Morgan fingerprint density at radius 2 is 1.88 bits per heavy atom. The fourth-order valence-corrected chi connectivity index (χ4v) is 3.69. The highest BCUT2D eigenvalue weighted by atomic mass is 32.2. The van der Waals surface area contributed by atoms with Gasteiger partial charge in [0.1, 0.15) is 0 Å². The van der Waals surface area contributed by atoms with Crippen LogP contribution in [0.4, 0.5) is 4.79 Å². The van der Waals surface area contributed by atoms with E-state index in [1.165, 1.54) is 4.90 Å². The molecule has 2 heterocycles. The van der Waals surface area contributed by atoms with Gasteiger partial charge in [-0.15, -0.1) is 0 Å². The highest BCUT2D eigenvalue weighted by Crippen LogP contribution is 2.36. The molecule has 0 N–H and O–H groups in total. The summed E-state index contributed by atoms with van der Waals surface area (Å²) in [6.45, 7) is 6.49. The lowest BCUT2D eigenvalue weighted by molar-refractivity contribution is -0.124. The lowest BCUT2D eigenvalue weighted by Gasteiger charge is -2.25. The van der Waals surface area contributed by atoms with E-state index in [0.29, 0.717) is 23.1 Å². The number of rotatable bonds is 7. The monoisotopic (exact) mass is 362 g/mol. The van der Waals surface area contributed by atoms with Crippen LogP contribution in [-0.2, 0) is 4.79 Å². The molecule has 0 saturated carbocycles. The molecule has 0 unspecified atom stereocenters. The van der Waals surface area contributed by atoms with Gasteiger partial charge >= 0.3 is 0 Å². The summed E-state index contributed by atoms with van der Waals surface area (Å²) in [5.41, 5.74) is 0.814. The van der Waals surface area contributed by atoms with E-state index < -0.39 is 0 Å². The second-order valence-corrected chi connectivity index (χ2v) is 6.98. The average Bonchev–Trinajstić information content (AvgIpc) is 3.15. The van der Waals surface area contributed by atoms with Gasteiger partial charge in [-0.05, 0) is 61.5 Å². The first-order valence-electron chi connectivity index (χ1n) is 8.49. The molecule has 0 bridgehead atoms. The predicted molar refractivity (Wildman–Crippen MR) is 97.4 cm³/mol. The minimum atomic E-state index is -0.232. The summed E-state index contributed by atoms with van der Waals surface area (Å²) >= 11 is 0.988. The van der Waals surface area contributed by atoms with Gasteiger partial charge in [0.15, 0.2) is 11.5 Å². The number of hydrogen-bond donors (Lipinski definition) is 0. The van der Waals surface area contributed by atoms with Gasteiger partial charge in [-0.1, -0.05) is 19.9 Å². The van der Waals surface area contributed by atoms with Gasteiger partial charge in [0, 0.05) is 0 Å². The molecule has 0 atom stereocenters. The predicted octanol–water partition coefficient (Wildman–Crippen LogP) is 3.53. The third kappa shape index (κ3) is 3.99. The molecule has 0 aromatic heterocycles. The third-order valence-corrected chi connectivity index (χ3v) is 4.90. The van der Waals surface area contributed by atoms with Gasteiger partial charge in [-0.2, -0.15) is 0 Å². The first-order chi connectivity index (χ1) is 12.1. The van der Waals surface area contributed by atoms with Crippen molar-refractivity contribution in [2.24, 2.45) is 0 Å². The number of fused-ring (bicyclic) bond motifs is 1. The molecule has 134 valence electrons. The molecule has 1 aromatic carbocycles. The number of thioether (sulfide) groups is 1. The standard InChI is InChI=1S/C18H22N2O4S/c1-3-7-19(8-4-2)11-20-17(21)16(25-18(20)22)10-13-5-6-14-15(9-13)24-12-23-14/h5-6,9-10H,3-4,7-8,11-12H2,1-2H3. The molecule has 0 radical (unpaired) electrons. The molecule has 1 aromatic rings. The number of carbonyl (C=O) groups excluding carboxylic acids is 2. The minimum absolute atomic E-state index is 0.208. The Bertz CT molecular complexity index is 698. The quantitative estimate of drug-likeness (QED) is 0.692. The summed E-state index contributed by atoms with van der Waals surface area (Å²) in [4.78, 5) is 28.8. The van der Waals surface area contributed by atoms with Crippen LogP contribution in [0.3, 0.4) is 0 Å². The topological polar surface area (TPSA) is 59.1 Å². The van der Waals surface area contributed by atoms with Crippen molar-refractivity contribution < 1.29 is 19.1 Å². The Labute approximate surface area is 151 Å². The van der Waals surface area contributed by atoms with E-state index in [4.69, 9.17) is 9.47 Å². The zero-order valence-electron chi connectivity index (χ0n) is 14.5. The van der Waals surface area contributed by atoms with Crippen LogP contribution in [0.15, 0.2) is 23.1 Å². The largest absolute Gasteiger partial charge is 0.454 e. The Morgan fingerprint density at radius 3 is 2.60 bits per heavy atom. The molecule has 3 rings (SSSR count). The Morgan fingerprint density at radius 1 is 1.16 bits per heavy atom. The van der Waals surface area contributed by atoms with Crippen molar-refractivity contribution in [3.8, 4) is 11.5 Å². The minimum Gasteiger partial charge on any atom is -0.454 e. The Balaban J connectivity index is 1.74. The maximum absolute atomic E-state index is 12.6. The molecular weight excluding hydrogens is 340 g/mol. The number of hydrogen-bond acceptors (Lipinski definition) is 6. The van der Waals surface area contributed by atoms with Crippen LogP contribution >= 0.6 is 11.8 Å². The van der Waals surface area contributed by atoms with Crippen LogP contribution in [0.25, 0.3) is 6.08 Å². The SMILES string of the molecule is CCCN(CCC)CN1C(=O)SC(=Cc2ccc3c(c2)OCO3)C1=O. The zero-order valence-corrected chi connectivity index (χ0v) is 15.3. The maximum Gasteiger partial charge on any atom is 0.294 e. The number of imide groups is 1. The van der Waals surface area contributed by atoms with Crippen LogP contribution < -0.4 is 9.47 Å². The lowest BCUT2D eigenvalue weighted by Crippen LogP contribution is -2.41. The molecule has 6 nitrogen and oxygen atoms in total. The van der Waals surface area contributed by atoms with E-state index in [1.807, 2.05) is 18.2 Å². The highest BCUT2D eigenvalue weighted by Gasteiger charge is 2.35. The lowest BCUT2D eigenvalue weighted by atomic mass is 10.2. The summed E-state index contributed by atoms with van der Waals surface area (Å²) in [7, 11) is 0. The van der Waals surface area contributed by atoms with Gasteiger partial charge in [0.25, 0.3) is 11.1 Å². The van der Waals surface area contributed by atoms with Crippen LogP contribution in [-0.4, -0.2) is 47.5 Å². The number of carbonyl (C=O) groups is 2. The van der Waals surface area contributed by atoms with Gasteiger partial charge in [0.05, 0.1) is 11.6 Å². The van der Waals surface area contributed by atoms with Crippen molar-refractivity contribution >= 4 is 29.0 Å². The first kappa shape index (κ1) is 17.8. The zero-order chi connectivity index (χ0) is 17.8. The fourth-order valence-electron chi connectivity index (χ4n) is 2.86. The molecule has 2 aliphatic heterocycles. The molecule has 1 saturated heterocycles. The Kier molecular flexibility index (Phi) is 5.65. The summed E-state index contributed by atoms with van der Waals surface area (Å²) in [6.07, 6.45) is 3.71.